The summed E-state index contributed by atoms with van der Waals surface area (Å²) in [6, 6.07) is 29.8. The number of halogens is 1. The van der Waals surface area contributed by atoms with Crippen molar-refractivity contribution >= 4 is 21.8 Å². The zero-order valence-electron chi connectivity index (χ0n) is 21.5. The molecule has 1 atom stereocenters. The van der Waals surface area contributed by atoms with Crippen LogP contribution in [-0.2, 0) is 16.8 Å². The molecular weight excluding hydrogens is 501 g/mol. The van der Waals surface area contributed by atoms with Crippen LogP contribution in [0.5, 0.6) is 0 Å². The minimum atomic E-state index is -3.97. The predicted octanol–water partition coefficient (Wildman–Crippen LogP) is 5.47. The van der Waals surface area contributed by atoms with Crippen LogP contribution in [0, 0.1) is 12.7 Å². The summed E-state index contributed by atoms with van der Waals surface area (Å²) in [6.07, 6.45) is 0. The number of benzene rings is 4. The van der Waals surface area contributed by atoms with Gasteiger partial charge in [0.2, 0.25) is 0 Å². The van der Waals surface area contributed by atoms with E-state index in [-0.39, 0.29) is 24.2 Å². The van der Waals surface area contributed by atoms with Crippen LogP contribution in [0.4, 0.5) is 10.1 Å². The van der Waals surface area contributed by atoms with Crippen molar-refractivity contribution < 1.29 is 17.6 Å². The number of amides is 1. The Morgan fingerprint density at radius 2 is 1.39 bits per heavy atom. The third-order valence-corrected chi connectivity index (χ3v) is 8.03. The molecule has 0 spiro atoms. The lowest BCUT2D eigenvalue weighted by molar-refractivity contribution is 0.0943. The molecule has 0 saturated heterocycles. The number of carbonyl (C=O) groups is 1. The first-order valence-corrected chi connectivity index (χ1v) is 13.5. The number of anilines is 1. The Morgan fingerprint density at radius 1 is 0.816 bits per heavy atom. The average molecular weight is 532 g/mol. The van der Waals surface area contributed by atoms with Crippen LogP contribution in [0.15, 0.2) is 103 Å². The van der Waals surface area contributed by atoms with Gasteiger partial charge in [0.25, 0.3) is 5.91 Å². The SMILES string of the molecule is Cc1ccc(C(NC(=O)c2ccc(CN(c3ccccc3F)S(=O)(=O)N(C)C)cc2)c2ccccc2)cc1. The first-order chi connectivity index (χ1) is 18.2. The van der Waals surface area contributed by atoms with Crippen molar-refractivity contribution in [3.05, 3.63) is 137 Å². The van der Waals surface area contributed by atoms with E-state index in [1.54, 1.807) is 30.3 Å². The van der Waals surface area contributed by atoms with Gasteiger partial charge in [0.1, 0.15) is 5.82 Å². The molecule has 0 aliphatic carbocycles. The fourth-order valence-corrected chi connectivity index (χ4v) is 5.15. The molecule has 1 N–H and O–H groups in total. The van der Waals surface area contributed by atoms with Crippen LogP contribution in [-0.4, -0.2) is 32.7 Å². The van der Waals surface area contributed by atoms with Gasteiger partial charge in [0.15, 0.2) is 0 Å². The Balaban J connectivity index is 1.58. The number of para-hydroxylation sites is 1. The van der Waals surface area contributed by atoms with Crippen LogP contribution in [0.1, 0.15) is 38.7 Å². The van der Waals surface area contributed by atoms with Crippen molar-refractivity contribution in [3.63, 3.8) is 0 Å². The summed E-state index contributed by atoms with van der Waals surface area (Å²) in [5.74, 6) is -0.908. The maximum absolute atomic E-state index is 14.6. The standard InChI is InChI=1S/C30H30FN3O3S/c1-22-13-17-25(18-14-22)29(24-9-5-4-6-10-24)32-30(35)26-19-15-23(16-20-26)21-34(38(36,37)33(2)3)28-12-8-7-11-27(28)31/h4-20,29H,21H2,1-3H3,(H,32,35). The number of hydrogen-bond acceptors (Lipinski definition) is 3. The molecule has 0 saturated carbocycles. The molecule has 4 aromatic carbocycles. The van der Waals surface area contributed by atoms with E-state index in [9.17, 15) is 17.6 Å². The fraction of sp³-hybridized carbons (Fsp3) is 0.167. The third-order valence-electron chi connectivity index (χ3n) is 6.22. The van der Waals surface area contributed by atoms with E-state index in [2.05, 4.69) is 5.32 Å². The van der Waals surface area contributed by atoms with Gasteiger partial charge < -0.3 is 5.32 Å². The quantitative estimate of drug-likeness (QED) is 0.312. The average Bonchev–Trinajstić information content (AvgIpc) is 2.92. The molecule has 0 aliphatic rings. The summed E-state index contributed by atoms with van der Waals surface area (Å²) in [6.45, 7) is 1.91. The molecule has 0 fully saturated rings. The lowest BCUT2D eigenvalue weighted by Crippen LogP contribution is -2.40. The maximum Gasteiger partial charge on any atom is 0.303 e. The molecule has 1 amide bonds. The van der Waals surface area contributed by atoms with E-state index in [4.69, 9.17) is 0 Å². The molecule has 1 unspecified atom stereocenters. The minimum Gasteiger partial charge on any atom is -0.341 e. The Kier molecular flexibility index (Phi) is 8.24. The topological polar surface area (TPSA) is 69.7 Å². The molecule has 196 valence electrons. The highest BCUT2D eigenvalue weighted by atomic mass is 32.2. The van der Waals surface area contributed by atoms with Crippen LogP contribution in [0.3, 0.4) is 0 Å². The molecule has 4 rings (SSSR count). The molecule has 0 bridgehead atoms. The molecule has 4 aromatic rings. The maximum atomic E-state index is 14.6. The van der Waals surface area contributed by atoms with E-state index >= 15 is 0 Å². The van der Waals surface area contributed by atoms with Gasteiger partial charge >= 0.3 is 10.2 Å². The zero-order valence-corrected chi connectivity index (χ0v) is 22.3. The van der Waals surface area contributed by atoms with Crippen molar-refractivity contribution in [3.8, 4) is 0 Å². The van der Waals surface area contributed by atoms with Gasteiger partial charge in [-0.05, 0) is 47.9 Å². The molecule has 38 heavy (non-hydrogen) atoms. The van der Waals surface area contributed by atoms with Gasteiger partial charge in [0, 0.05) is 19.7 Å². The normalized spacial score (nSPS) is 12.2. The highest BCUT2D eigenvalue weighted by Gasteiger charge is 2.27. The predicted molar refractivity (Wildman–Crippen MR) is 149 cm³/mol. The Bertz CT molecular complexity index is 1490. The second kappa shape index (κ2) is 11.6. The summed E-state index contributed by atoms with van der Waals surface area (Å²) < 4.78 is 42.6. The molecule has 0 aromatic heterocycles. The van der Waals surface area contributed by atoms with E-state index < -0.39 is 16.0 Å². The zero-order chi connectivity index (χ0) is 27.3. The lowest BCUT2D eigenvalue weighted by atomic mass is 9.97. The second-order valence-corrected chi connectivity index (χ2v) is 11.2. The largest absolute Gasteiger partial charge is 0.341 e. The molecule has 6 nitrogen and oxygen atoms in total. The molecule has 0 heterocycles. The van der Waals surface area contributed by atoms with Crippen molar-refractivity contribution in [2.45, 2.75) is 19.5 Å². The number of rotatable bonds is 9. The Labute approximate surface area is 223 Å². The number of carbonyl (C=O) groups excluding carboxylic acids is 1. The van der Waals surface area contributed by atoms with Crippen LogP contribution < -0.4 is 9.62 Å². The van der Waals surface area contributed by atoms with Crippen molar-refractivity contribution in [2.24, 2.45) is 0 Å². The van der Waals surface area contributed by atoms with Gasteiger partial charge in [-0.3, -0.25) is 9.10 Å². The summed E-state index contributed by atoms with van der Waals surface area (Å²) in [7, 11) is -1.18. The van der Waals surface area contributed by atoms with Gasteiger partial charge in [-0.2, -0.15) is 12.7 Å². The summed E-state index contributed by atoms with van der Waals surface area (Å²) in [5.41, 5.74) is 4.02. The van der Waals surface area contributed by atoms with Crippen molar-refractivity contribution in [1.29, 1.82) is 0 Å². The number of nitrogens with zero attached hydrogens (tertiary/aromatic N) is 2. The smallest absolute Gasteiger partial charge is 0.303 e. The number of nitrogens with one attached hydrogen (secondary N) is 1. The van der Waals surface area contributed by atoms with E-state index in [1.807, 2.05) is 61.5 Å². The summed E-state index contributed by atoms with van der Waals surface area (Å²) in [4.78, 5) is 13.2. The molecule has 0 radical (unpaired) electrons. The second-order valence-electron chi connectivity index (χ2n) is 9.17. The molecular formula is C30H30FN3O3S. The Hall–Kier alpha value is -4.01. The van der Waals surface area contributed by atoms with E-state index in [0.717, 1.165) is 25.3 Å². The minimum absolute atomic E-state index is 0.0492. The van der Waals surface area contributed by atoms with Gasteiger partial charge in [-0.1, -0.05) is 84.4 Å². The number of aryl methyl sites for hydroxylation is 1. The van der Waals surface area contributed by atoms with Crippen LogP contribution in [0.25, 0.3) is 0 Å². The van der Waals surface area contributed by atoms with E-state index in [0.29, 0.717) is 11.1 Å². The molecule has 8 heteroatoms. The highest BCUT2D eigenvalue weighted by Crippen LogP contribution is 2.26. The van der Waals surface area contributed by atoms with Gasteiger partial charge in [-0.15, -0.1) is 0 Å². The third kappa shape index (κ3) is 6.10. The van der Waals surface area contributed by atoms with Crippen LogP contribution >= 0.6 is 0 Å². The summed E-state index contributed by atoms with van der Waals surface area (Å²) in [5, 5.41) is 3.12. The monoisotopic (exact) mass is 531 g/mol. The van der Waals surface area contributed by atoms with Gasteiger partial charge in [-0.25, -0.2) is 4.39 Å². The van der Waals surface area contributed by atoms with Crippen LogP contribution in [0.2, 0.25) is 0 Å². The fourth-order valence-electron chi connectivity index (χ4n) is 4.05. The van der Waals surface area contributed by atoms with E-state index in [1.165, 1.54) is 32.3 Å². The van der Waals surface area contributed by atoms with Gasteiger partial charge in [0.05, 0.1) is 18.3 Å². The van der Waals surface area contributed by atoms with Crippen molar-refractivity contribution in [2.75, 3.05) is 18.4 Å². The first-order valence-electron chi connectivity index (χ1n) is 12.1. The van der Waals surface area contributed by atoms with Crippen molar-refractivity contribution in [1.82, 2.24) is 9.62 Å². The Morgan fingerprint density at radius 3 is 2.00 bits per heavy atom. The molecule has 0 aliphatic heterocycles. The first kappa shape index (κ1) is 27.0. The number of hydrogen-bond donors (Lipinski definition) is 1. The highest BCUT2D eigenvalue weighted by molar-refractivity contribution is 7.90. The lowest BCUT2D eigenvalue weighted by Gasteiger charge is -2.27. The summed E-state index contributed by atoms with van der Waals surface area (Å²) >= 11 is 0.